The van der Waals surface area contributed by atoms with E-state index in [1.807, 2.05) is 97.1 Å². The minimum Gasteiger partial charge on any atom is -0.456 e. The number of hydrogen-bond acceptors (Lipinski definition) is 4. The quantitative estimate of drug-likeness (QED) is 0.285. The summed E-state index contributed by atoms with van der Waals surface area (Å²) >= 11 is 0. The fourth-order valence-electron chi connectivity index (χ4n) is 4.53. The molecule has 0 saturated carbocycles. The van der Waals surface area contributed by atoms with E-state index in [0.29, 0.717) is 16.7 Å². The zero-order valence-corrected chi connectivity index (χ0v) is 19.1. The highest BCUT2D eigenvalue weighted by Crippen LogP contribution is 2.44. The van der Waals surface area contributed by atoms with Crippen molar-refractivity contribution in [2.75, 3.05) is 7.11 Å². The van der Waals surface area contributed by atoms with Crippen molar-refractivity contribution in [2.45, 2.75) is 6.10 Å². The van der Waals surface area contributed by atoms with E-state index in [2.05, 4.69) is 0 Å². The first-order valence-corrected chi connectivity index (χ1v) is 11.5. The molecule has 0 bridgehead atoms. The lowest BCUT2D eigenvalue weighted by Gasteiger charge is -2.26. The second kappa shape index (κ2) is 8.75. The molecule has 1 aromatic heterocycles. The van der Waals surface area contributed by atoms with Crippen molar-refractivity contribution in [3.05, 3.63) is 131 Å². The molecule has 4 nitrogen and oxygen atoms in total. The van der Waals surface area contributed by atoms with E-state index in [0.717, 1.165) is 39.3 Å². The summed E-state index contributed by atoms with van der Waals surface area (Å²) in [6.45, 7) is 0. The molecule has 0 fully saturated rings. The zero-order chi connectivity index (χ0) is 23.8. The van der Waals surface area contributed by atoms with Gasteiger partial charge >= 0.3 is 0 Å². The molecule has 0 aliphatic carbocycles. The molecule has 1 aliphatic rings. The Morgan fingerprint density at radius 2 is 1.49 bits per heavy atom. The Labute approximate surface area is 202 Å². The van der Waals surface area contributed by atoms with Crippen molar-refractivity contribution >= 4 is 16.7 Å². The second-order valence-corrected chi connectivity index (χ2v) is 8.43. The summed E-state index contributed by atoms with van der Waals surface area (Å²) < 4.78 is 18.3. The number of rotatable bonds is 4. The SMILES string of the molecule is COC1C=C(c2ccccc2)Oc2c(-c3cccc(-c4cc(=O)c5ccccc5o4)c3)cccc21. The van der Waals surface area contributed by atoms with Crippen LogP contribution in [0.2, 0.25) is 0 Å². The van der Waals surface area contributed by atoms with E-state index in [9.17, 15) is 4.79 Å². The lowest BCUT2D eigenvalue weighted by atomic mass is 9.94. The first kappa shape index (κ1) is 21.1. The maximum absolute atomic E-state index is 12.7. The lowest BCUT2D eigenvalue weighted by Crippen LogP contribution is -2.11. The molecule has 35 heavy (non-hydrogen) atoms. The van der Waals surface area contributed by atoms with E-state index in [-0.39, 0.29) is 11.5 Å². The van der Waals surface area contributed by atoms with Gasteiger partial charge < -0.3 is 13.9 Å². The number of ether oxygens (including phenoxy) is 2. The number of methoxy groups -OCH3 is 1. The van der Waals surface area contributed by atoms with Gasteiger partial charge in [0.15, 0.2) is 5.43 Å². The molecule has 4 heteroatoms. The summed E-state index contributed by atoms with van der Waals surface area (Å²) in [4.78, 5) is 12.7. The van der Waals surface area contributed by atoms with Crippen LogP contribution in [0.1, 0.15) is 17.2 Å². The summed E-state index contributed by atoms with van der Waals surface area (Å²) in [6.07, 6.45) is 1.78. The third kappa shape index (κ3) is 3.84. The molecule has 1 unspecified atom stereocenters. The standard InChI is InChI=1S/C31H22O4/c1-33-30-19-29(20-9-3-2-4-10-20)35-31-23(14-8-15-25(30)31)21-11-7-12-22(17-21)28-18-26(32)24-13-5-6-16-27(24)34-28/h2-19,30H,1H3. The van der Waals surface area contributed by atoms with Gasteiger partial charge in [-0.25, -0.2) is 0 Å². The maximum Gasteiger partial charge on any atom is 0.193 e. The van der Waals surface area contributed by atoms with Gasteiger partial charge in [0.25, 0.3) is 0 Å². The minimum absolute atomic E-state index is 0.0618. The van der Waals surface area contributed by atoms with Crippen LogP contribution in [-0.4, -0.2) is 7.11 Å². The van der Waals surface area contributed by atoms with E-state index in [4.69, 9.17) is 13.9 Å². The van der Waals surface area contributed by atoms with Crippen molar-refractivity contribution in [3.63, 3.8) is 0 Å². The van der Waals surface area contributed by atoms with Crippen molar-refractivity contribution in [1.82, 2.24) is 0 Å². The number of benzene rings is 4. The molecule has 0 radical (unpaired) electrons. The molecule has 4 aromatic carbocycles. The van der Waals surface area contributed by atoms with Gasteiger partial charge in [0.05, 0.1) is 5.39 Å². The average molecular weight is 459 g/mol. The largest absolute Gasteiger partial charge is 0.456 e. The minimum atomic E-state index is -0.226. The molecule has 0 saturated heterocycles. The smallest absolute Gasteiger partial charge is 0.193 e. The topological polar surface area (TPSA) is 48.7 Å². The van der Waals surface area contributed by atoms with Crippen molar-refractivity contribution in [3.8, 4) is 28.2 Å². The van der Waals surface area contributed by atoms with Gasteiger partial charge in [0.2, 0.25) is 0 Å². The van der Waals surface area contributed by atoms with Gasteiger partial charge in [-0.2, -0.15) is 0 Å². The van der Waals surface area contributed by atoms with Crippen molar-refractivity contribution < 1.29 is 13.9 Å². The summed E-state index contributed by atoms with van der Waals surface area (Å²) in [5.41, 5.74) is 5.18. The molecule has 170 valence electrons. The third-order valence-electron chi connectivity index (χ3n) is 6.27. The van der Waals surface area contributed by atoms with Crippen LogP contribution in [0.5, 0.6) is 5.75 Å². The summed E-state index contributed by atoms with van der Waals surface area (Å²) in [5.74, 6) is 2.05. The van der Waals surface area contributed by atoms with E-state index in [1.54, 1.807) is 19.2 Å². The zero-order valence-electron chi connectivity index (χ0n) is 19.1. The Morgan fingerprint density at radius 1 is 0.743 bits per heavy atom. The highest BCUT2D eigenvalue weighted by atomic mass is 16.5. The Balaban J connectivity index is 1.46. The molecular weight excluding hydrogens is 436 g/mol. The summed E-state index contributed by atoms with van der Waals surface area (Å²) in [5, 5.41) is 0.573. The Kier molecular flexibility index (Phi) is 5.28. The lowest BCUT2D eigenvalue weighted by molar-refractivity contribution is 0.136. The van der Waals surface area contributed by atoms with Crippen molar-refractivity contribution in [2.24, 2.45) is 0 Å². The number of fused-ring (bicyclic) bond motifs is 2. The van der Waals surface area contributed by atoms with E-state index in [1.165, 1.54) is 0 Å². The van der Waals surface area contributed by atoms with Gasteiger partial charge in [-0.1, -0.05) is 78.9 Å². The maximum atomic E-state index is 12.7. The van der Waals surface area contributed by atoms with E-state index >= 15 is 0 Å². The molecule has 2 heterocycles. The van der Waals surface area contributed by atoms with Gasteiger partial charge in [-0.05, 0) is 29.8 Å². The van der Waals surface area contributed by atoms with Crippen LogP contribution >= 0.6 is 0 Å². The molecule has 0 spiro atoms. The normalized spacial score (nSPS) is 14.8. The highest BCUT2D eigenvalue weighted by Gasteiger charge is 2.25. The molecule has 6 rings (SSSR count). The average Bonchev–Trinajstić information content (AvgIpc) is 2.92. The Morgan fingerprint density at radius 3 is 2.34 bits per heavy atom. The molecular formula is C31H22O4. The van der Waals surface area contributed by atoms with Crippen LogP contribution in [0.4, 0.5) is 0 Å². The van der Waals surface area contributed by atoms with Gasteiger partial charge in [0.1, 0.15) is 29.0 Å². The van der Waals surface area contributed by atoms with Crippen LogP contribution in [0.25, 0.3) is 39.2 Å². The van der Waals surface area contributed by atoms with Crippen LogP contribution in [0.15, 0.2) is 118 Å². The highest BCUT2D eigenvalue weighted by molar-refractivity contribution is 5.82. The first-order chi connectivity index (χ1) is 17.2. The Bertz CT molecular complexity index is 1630. The third-order valence-corrected chi connectivity index (χ3v) is 6.27. The summed E-state index contributed by atoms with van der Waals surface area (Å²) in [7, 11) is 1.70. The predicted molar refractivity (Wildman–Crippen MR) is 138 cm³/mol. The molecule has 0 amide bonds. The number of hydrogen-bond donors (Lipinski definition) is 0. The van der Waals surface area contributed by atoms with Crippen LogP contribution < -0.4 is 10.2 Å². The molecule has 0 N–H and O–H groups in total. The predicted octanol–water partition coefficient (Wildman–Crippen LogP) is 7.25. The molecule has 1 aliphatic heterocycles. The van der Waals surface area contributed by atoms with Crippen LogP contribution in [0, 0.1) is 0 Å². The van der Waals surface area contributed by atoms with Gasteiger partial charge in [0, 0.05) is 35.4 Å². The second-order valence-electron chi connectivity index (χ2n) is 8.43. The fraction of sp³-hybridized carbons (Fsp3) is 0.0645. The molecule has 5 aromatic rings. The molecule has 1 atom stereocenters. The van der Waals surface area contributed by atoms with Crippen molar-refractivity contribution in [1.29, 1.82) is 0 Å². The Hall–Kier alpha value is -4.41. The summed E-state index contributed by atoms with van der Waals surface area (Å²) in [6, 6.07) is 32.9. The fourth-order valence-corrected chi connectivity index (χ4v) is 4.53. The van der Waals surface area contributed by atoms with Gasteiger partial charge in [-0.3, -0.25) is 4.79 Å². The monoisotopic (exact) mass is 458 g/mol. The van der Waals surface area contributed by atoms with Gasteiger partial charge in [-0.15, -0.1) is 0 Å². The van der Waals surface area contributed by atoms with Crippen LogP contribution in [-0.2, 0) is 4.74 Å². The van der Waals surface area contributed by atoms with E-state index < -0.39 is 0 Å². The first-order valence-electron chi connectivity index (χ1n) is 11.5. The van der Waals surface area contributed by atoms with Crippen LogP contribution in [0.3, 0.4) is 0 Å². The number of para-hydroxylation sites is 2.